The van der Waals surface area contributed by atoms with Gasteiger partial charge in [0.15, 0.2) is 0 Å². The lowest BCUT2D eigenvalue weighted by Gasteiger charge is -2.07. The molecular weight excluding hydrogens is 292 g/mol. The number of nitrogens with one attached hydrogen (secondary N) is 1. The second-order valence-electron chi connectivity index (χ2n) is 5.13. The van der Waals surface area contributed by atoms with Gasteiger partial charge in [-0.15, -0.1) is 0 Å². The minimum Gasteiger partial charge on any atom is -0.475 e. The fourth-order valence-electron chi connectivity index (χ4n) is 2.28. The summed E-state index contributed by atoms with van der Waals surface area (Å²) in [6, 6.07) is 9.87. The van der Waals surface area contributed by atoms with Gasteiger partial charge in [0.1, 0.15) is 12.3 Å². The maximum atomic E-state index is 5.44. The lowest BCUT2D eigenvalue weighted by Crippen LogP contribution is -2.14. The number of rotatable bonds is 8. The monoisotopic (exact) mass is 312 g/mol. The van der Waals surface area contributed by atoms with E-state index < -0.39 is 0 Å². The van der Waals surface area contributed by atoms with Crippen LogP contribution in [-0.2, 0) is 17.8 Å². The summed E-state index contributed by atoms with van der Waals surface area (Å²) in [5.41, 5.74) is 3.20. The Bertz CT molecular complexity index is 740. The molecule has 0 unspecified atom stereocenters. The highest BCUT2D eigenvalue weighted by Gasteiger charge is 2.02. The molecule has 0 radical (unpaired) electrons. The molecule has 0 atom stereocenters. The van der Waals surface area contributed by atoms with E-state index in [4.69, 9.17) is 9.47 Å². The van der Waals surface area contributed by atoms with E-state index in [1.807, 2.05) is 48.9 Å². The zero-order valence-corrected chi connectivity index (χ0v) is 13.1. The van der Waals surface area contributed by atoms with Crippen LogP contribution < -0.4 is 10.1 Å². The van der Waals surface area contributed by atoms with Crippen molar-refractivity contribution in [3.8, 4) is 5.88 Å². The Morgan fingerprint density at radius 3 is 2.83 bits per heavy atom. The highest BCUT2D eigenvalue weighted by atomic mass is 16.5. The van der Waals surface area contributed by atoms with Crippen LogP contribution in [0.3, 0.4) is 0 Å². The van der Waals surface area contributed by atoms with Crippen LogP contribution in [-0.4, -0.2) is 34.7 Å². The van der Waals surface area contributed by atoms with Crippen molar-refractivity contribution in [3.63, 3.8) is 0 Å². The molecule has 0 aliphatic rings. The van der Waals surface area contributed by atoms with Crippen LogP contribution in [0.25, 0.3) is 5.65 Å². The van der Waals surface area contributed by atoms with Gasteiger partial charge in [-0.3, -0.25) is 0 Å². The summed E-state index contributed by atoms with van der Waals surface area (Å²) in [5, 5.41) is 3.41. The van der Waals surface area contributed by atoms with Crippen LogP contribution in [0.4, 0.5) is 0 Å². The van der Waals surface area contributed by atoms with Gasteiger partial charge in [-0.25, -0.2) is 9.97 Å². The van der Waals surface area contributed by atoms with Crippen molar-refractivity contribution in [2.75, 3.05) is 20.3 Å². The molecule has 0 fully saturated rings. The standard InChI is InChI=1S/C17H20N4O2/c1-22-8-9-23-17-6-5-14(11-20-17)10-18-12-15-13-19-16-4-2-3-7-21(15)16/h2-7,11,13,18H,8-10,12H2,1H3. The van der Waals surface area contributed by atoms with Crippen molar-refractivity contribution < 1.29 is 9.47 Å². The Kier molecular flexibility index (Phi) is 5.18. The fourth-order valence-corrected chi connectivity index (χ4v) is 2.28. The van der Waals surface area contributed by atoms with Crippen molar-refractivity contribution in [1.82, 2.24) is 19.7 Å². The number of hydrogen-bond acceptors (Lipinski definition) is 5. The van der Waals surface area contributed by atoms with Gasteiger partial charge in [0.25, 0.3) is 0 Å². The summed E-state index contributed by atoms with van der Waals surface area (Å²) in [4.78, 5) is 8.66. The predicted molar refractivity (Wildman–Crippen MR) is 87.3 cm³/mol. The summed E-state index contributed by atoms with van der Waals surface area (Å²) < 4.78 is 12.5. The van der Waals surface area contributed by atoms with Gasteiger partial charge in [-0.2, -0.15) is 0 Å². The van der Waals surface area contributed by atoms with Crippen LogP contribution in [0, 0.1) is 0 Å². The van der Waals surface area contributed by atoms with Gasteiger partial charge in [-0.1, -0.05) is 12.1 Å². The van der Waals surface area contributed by atoms with Crippen LogP contribution in [0.1, 0.15) is 11.3 Å². The van der Waals surface area contributed by atoms with Crippen LogP contribution in [0.15, 0.2) is 48.9 Å². The van der Waals surface area contributed by atoms with E-state index in [0.29, 0.717) is 19.1 Å². The van der Waals surface area contributed by atoms with E-state index in [9.17, 15) is 0 Å². The van der Waals surface area contributed by atoms with E-state index in [2.05, 4.69) is 19.7 Å². The lowest BCUT2D eigenvalue weighted by atomic mass is 10.3. The SMILES string of the molecule is COCCOc1ccc(CNCc2cnc3ccccn23)cn1. The maximum absolute atomic E-state index is 5.44. The highest BCUT2D eigenvalue weighted by molar-refractivity contribution is 5.39. The number of hydrogen-bond donors (Lipinski definition) is 1. The first-order valence-corrected chi connectivity index (χ1v) is 7.55. The molecule has 6 heteroatoms. The van der Waals surface area contributed by atoms with Gasteiger partial charge < -0.3 is 19.2 Å². The molecule has 0 spiro atoms. The molecular formula is C17H20N4O2. The largest absolute Gasteiger partial charge is 0.475 e. The molecule has 3 aromatic heterocycles. The molecule has 0 aliphatic carbocycles. The van der Waals surface area contributed by atoms with Gasteiger partial charge in [-0.05, 0) is 17.7 Å². The number of aromatic nitrogens is 3. The van der Waals surface area contributed by atoms with Gasteiger partial charge in [0, 0.05) is 38.7 Å². The molecule has 3 aromatic rings. The molecule has 3 heterocycles. The molecule has 0 saturated carbocycles. The molecule has 0 amide bonds. The molecule has 1 N–H and O–H groups in total. The minimum absolute atomic E-state index is 0.509. The summed E-state index contributed by atoms with van der Waals surface area (Å²) in [7, 11) is 1.65. The van der Waals surface area contributed by atoms with Crippen LogP contribution >= 0.6 is 0 Å². The van der Waals surface area contributed by atoms with Crippen molar-refractivity contribution >= 4 is 5.65 Å². The summed E-state index contributed by atoms with van der Waals surface area (Å²) in [6.45, 7) is 2.56. The van der Waals surface area contributed by atoms with E-state index in [-0.39, 0.29) is 0 Å². The van der Waals surface area contributed by atoms with Crippen LogP contribution in [0.5, 0.6) is 5.88 Å². The predicted octanol–water partition coefficient (Wildman–Crippen LogP) is 2.04. The molecule has 23 heavy (non-hydrogen) atoms. The summed E-state index contributed by atoms with van der Waals surface area (Å²) >= 11 is 0. The number of imidazole rings is 1. The molecule has 0 saturated heterocycles. The second kappa shape index (κ2) is 7.71. The third-order valence-corrected chi connectivity index (χ3v) is 3.46. The average molecular weight is 312 g/mol. The van der Waals surface area contributed by atoms with Crippen molar-refractivity contribution in [3.05, 3.63) is 60.2 Å². The Morgan fingerprint density at radius 1 is 1.04 bits per heavy atom. The number of nitrogens with zero attached hydrogens (tertiary/aromatic N) is 3. The van der Waals surface area contributed by atoms with E-state index in [0.717, 1.165) is 30.0 Å². The minimum atomic E-state index is 0.509. The number of pyridine rings is 2. The first kappa shape index (κ1) is 15.5. The third-order valence-electron chi connectivity index (χ3n) is 3.46. The van der Waals surface area contributed by atoms with Gasteiger partial charge >= 0.3 is 0 Å². The average Bonchev–Trinajstić information content (AvgIpc) is 3.00. The highest BCUT2D eigenvalue weighted by Crippen LogP contribution is 2.09. The third kappa shape index (κ3) is 4.06. The Labute approximate surface area is 135 Å². The molecule has 120 valence electrons. The molecule has 3 rings (SSSR count). The lowest BCUT2D eigenvalue weighted by molar-refractivity contribution is 0.143. The first-order chi connectivity index (χ1) is 11.4. The number of methoxy groups -OCH3 is 1. The van der Waals surface area contributed by atoms with Crippen molar-refractivity contribution in [1.29, 1.82) is 0 Å². The van der Waals surface area contributed by atoms with Crippen molar-refractivity contribution in [2.45, 2.75) is 13.1 Å². The summed E-state index contributed by atoms with van der Waals surface area (Å²) in [6.07, 6.45) is 5.74. The number of ether oxygens (including phenoxy) is 2. The Balaban J connectivity index is 1.50. The normalized spacial score (nSPS) is 11.0. The summed E-state index contributed by atoms with van der Waals surface area (Å²) in [5.74, 6) is 0.618. The van der Waals surface area contributed by atoms with E-state index in [1.54, 1.807) is 7.11 Å². The van der Waals surface area contributed by atoms with Gasteiger partial charge in [0.2, 0.25) is 5.88 Å². The van der Waals surface area contributed by atoms with E-state index in [1.165, 1.54) is 0 Å². The Hall–Kier alpha value is -2.44. The topological polar surface area (TPSA) is 60.7 Å². The van der Waals surface area contributed by atoms with Crippen LogP contribution in [0.2, 0.25) is 0 Å². The number of fused-ring (bicyclic) bond motifs is 1. The fraction of sp³-hybridized carbons (Fsp3) is 0.294. The zero-order valence-electron chi connectivity index (χ0n) is 13.1. The molecule has 6 nitrogen and oxygen atoms in total. The van der Waals surface area contributed by atoms with Gasteiger partial charge in [0.05, 0.1) is 18.5 Å². The smallest absolute Gasteiger partial charge is 0.213 e. The second-order valence-corrected chi connectivity index (χ2v) is 5.13. The first-order valence-electron chi connectivity index (χ1n) is 7.55. The molecule has 0 bridgehead atoms. The molecule has 0 aliphatic heterocycles. The maximum Gasteiger partial charge on any atom is 0.213 e. The molecule has 0 aromatic carbocycles. The Morgan fingerprint density at radius 2 is 2.00 bits per heavy atom. The van der Waals surface area contributed by atoms with Crippen molar-refractivity contribution in [2.24, 2.45) is 0 Å². The van der Waals surface area contributed by atoms with E-state index >= 15 is 0 Å². The zero-order chi connectivity index (χ0) is 15.9. The quantitative estimate of drug-likeness (QED) is 0.645.